The van der Waals surface area contributed by atoms with Crippen molar-refractivity contribution in [2.45, 2.75) is 50.5 Å². The maximum absolute atomic E-state index is 12.5. The van der Waals surface area contributed by atoms with Gasteiger partial charge < -0.3 is 14.4 Å². The van der Waals surface area contributed by atoms with Gasteiger partial charge in [0.15, 0.2) is 0 Å². The van der Waals surface area contributed by atoms with E-state index in [0.717, 1.165) is 64.8 Å². The molecule has 4 nitrogen and oxygen atoms in total. The minimum atomic E-state index is 0.00681. The molecule has 2 aliphatic heterocycles. The normalized spacial score (nSPS) is 22.9. The van der Waals surface area contributed by atoms with E-state index in [4.69, 9.17) is 9.47 Å². The van der Waals surface area contributed by atoms with Crippen molar-refractivity contribution in [2.75, 3.05) is 33.4 Å². The maximum Gasteiger partial charge on any atom is 0.222 e. The molecular weight excluding hydrogens is 314 g/mol. The molecule has 0 N–H and O–H groups in total. The van der Waals surface area contributed by atoms with Gasteiger partial charge in [0.1, 0.15) is 0 Å². The van der Waals surface area contributed by atoms with E-state index in [1.54, 1.807) is 7.11 Å². The van der Waals surface area contributed by atoms with Gasteiger partial charge in [-0.25, -0.2) is 0 Å². The van der Waals surface area contributed by atoms with Crippen molar-refractivity contribution in [3.63, 3.8) is 0 Å². The average molecular weight is 345 g/mol. The molecule has 0 aliphatic carbocycles. The van der Waals surface area contributed by atoms with Gasteiger partial charge in [0, 0.05) is 39.8 Å². The Kier molecular flexibility index (Phi) is 6.49. The van der Waals surface area contributed by atoms with Crippen LogP contribution in [0.5, 0.6) is 0 Å². The van der Waals surface area contributed by atoms with Crippen molar-refractivity contribution in [1.29, 1.82) is 0 Å². The van der Waals surface area contributed by atoms with Crippen molar-refractivity contribution in [3.8, 4) is 0 Å². The first-order valence-corrected chi connectivity index (χ1v) is 9.65. The number of rotatable bonds is 6. The van der Waals surface area contributed by atoms with E-state index in [-0.39, 0.29) is 11.5 Å². The zero-order chi connectivity index (χ0) is 17.5. The topological polar surface area (TPSA) is 38.8 Å². The summed E-state index contributed by atoms with van der Waals surface area (Å²) in [5.74, 6) is 0.986. The van der Waals surface area contributed by atoms with E-state index in [0.29, 0.717) is 12.3 Å². The van der Waals surface area contributed by atoms with Crippen LogP contribution in [-0.2, 0) is 20.7 Å². The molecule has 25 heavy (non-hydrogen) atoms. The molecule has 0 aromatic heterocycles. The predicted molar refractivity (Wildman–Crippen MR) is 98.5 cm³/mol. The summed E-state index contributed by atoms with van der Waals surface area (Å²) in [5.41, 5.74) is 1.24. The lowest BCUT2D eigenvalue weighted by molar-refractivity contribution is -0.147. The van der Waals surface area contributed by atoms with Gasteiger partial charge in [0.2, 0.25) is 5.91 Å². The molecule has 2 heterocycles. The minimum Gasteiger partial charge on any atom is -0.385 e. The second-order valence-electron chi connectivity index (χ2n) is 7.54. The summed E-state index contributed by atoms with van der Waals surface area (Å²) in [5, 5.41) is 0. The van der Waals surface area contributed by atoms with Crippen LogP contribution < -0.4 is 0 Å². The molecule has 3 rings (SSSR count). The van der Waals surface area contributed by atoms with E-state index in [9.17, 15) is 4.79 Å². The van der Waals surface area contributed by atoms with Crippen LogP contribution in [0.25, 0.3) is 0 Å². The number of hydrogen-bond acceptors (Lipinski definition) is 3. The molecule has 1 spiro atoms. The third-order valence-corrected chi connectivity index (χ3v) is 5.82. The molecule has 1 aromatic rings. The number of aryl methyl sites for hydroxylation is 1. The molecule has 2 fully saturated rings. The lowest BCUT2D eigenvalue weighted by Gasteiger charge is -2.46. The second-order valence-corrected chi connectivity index (χ2v) is 7.54. The van der Waals surface area contributed by atoms with Crippen molar-refractivity contribution < 1.29 is 14.3 Å². The Balaban J connectivity index is 1.45. The van der Waals surface area contributed by atoms with Gasteiger partial charge in [-0.1, -0.05) is 30.3 Å². The minimum absolute atomic E-state index is 0.00681. The van der Waals surface area contributed by atoms with Crippen molar-refractivity contribution in [2.24, 2.45) is 5.92 Å². The number of benzene rings is 1. The quantitative estimate of drug-likeness (QED) is 0.793. The highest BCUT2D eigenvalue weighted by atomic mass is 16.5. The summed E-state index contributed by atoms with van der Waals surface area (Å²) in [4.78, 5) is 14.6. The van der Waals surface area contributed by atoms with Crippen LogP contribution in [0.3, 0.4) is 0 Å². The Morgan fingerprint density at radius 2 is 2.04 bits per heavy atom. The van der Waals surface area contributed by atoms with E-state index < -0.39 is 0 Å². The SMILES string of the molecule is COCCC1CCOC2(CCN(C(=O)CCc3ccccc3)CC2)C1. The number of carbonyl (C=O) groups is 1. The zero-order valence-electron chi connectivity index (χ0n) is 15.4. The van der Waals surface area contributed by atoms with Crippen LogP contribution in [-0.4, -0.2) is 49.8 Å². The largest absolute Gasteiger partial charge is 0.385 e. The summed E-state index contributed by atoms with van der Waals surface area (Å²) in [6.45, 7) is 3.37. The Bertz CT molecular complexity index is 537. The van der Waals surface area contributed by atoms with Gasteiger partial charge in [0.05, 0.1) is 5.60 Å². The molecule has 138 valence electrons. The monoisotopic (exact) mass is 345 g/mol. The summed E-state index contributed by atoms with van der Waals surface area (Å²) < 4.78 is 11.4. The van der Waals surface area contributed by atoms with Crippen LogP contribution in [0, 0.1) is 5.92 Å². The summed E-state index contributed by atoms with van der Waals surface area (Å²) in [6, 6.07) is 10.3. The van der Waals surface area contributed by atoms with Gasteiger partial charge in [-0.2, -0.15) is 0 Å². The Labute approximate surface area is 151 Å². The number of nitrogens with zero attached hydrogens (tertiary/aromatic N) is 1. The van der Waals surface area contributed by atoms with Gasteiger partial charge in [-0.15, -0.1) is 0 Å². The highest BCUT2D eigenvalue weighted by Gasteiger charge is 2.40. The Morgan fingerprint density at radius 3 is 2.76 bits per heavy atom. The van der Waals surface area contributed by atoms with E-state index >= 15 is 0 Å². The number of piperidine rings is 1. The lowest BCUT2D eigenvalue weighted by Crippen LogP contribution is -2.50. The number of amides is 1. The van der Waals surface area contributed by atoms with Gasteiger partial charge in [0.25, 0.3) is 0 Å². The third kappa shape index (κ3) is 5.05. The smallest absolute Gasteiger partial charge is 0.222 e. The van der Waals surface area contributed by atoms with Crippen LogP contribution >= 0.6 is 0 Å². The van der Waals surface area contributed by atoms with Gasteiger partial charge in [-0.05, 0) is 50.0 Å². The van der Waals surface area contributed by atoms with Gasteiger partial charge >= 0.3 is 0 Å². The third-order valence-electron chi connectivity index (χ3n) is 5.82. The summed E-state index contributed by atoms with van der Waals surface area (Å²) in [6.07, 6.45) is 6.79. The van der Waals surface area contributed by atoms with E-state index in [1.165, 1.54) is 5.56 Å². The van der Waals surface area contributed by atoms with Crippen LogP contribution in [0.2, 0.25) is 0 Å². The first kappa shape index (κ1) is 18.4. The van der Waals surface area contributed by atoms with Crippen molar-refractivity contribution in [3.05, 3.63) is 35.9 Å². The summed E-state index contributed by atoms with van der Waals surface area (Å²) in [7, 11) is 1.77. The molecule has 0 saturated carbocycles. The fraction of sp³-hybridized carbons (Fsp3) is 0.667. The highest BCUT2D eigenvalue weighted by Crippen LogP contribution is 2.38. The van der Waals surface area contributed by atoms with Crippen molar-refractivity contribution >= 4 is 5.91 Å². The molecule has 1 amide bonds. The van der Waals surface area contributed by atoms with Crippen LogP contribution in [0.15, 0.2) is 30.3 Å². The number of hydrogen-bond donors (Lipinski definition) is 0. The molecule has 1 unspecified atom stereocenters. The number of carbonyl (C=O) groups excluding carboxylic acids is 1. The average Bonchev–Trinajstić information content (AvgIpc) is 2.66. The first-order valence-electron chi connectivity index (χ1n) is 9.65. The number of ether oxygens (including phenoxy) is 2. The fourth-order valence-electron chi connectivity index (χ4n) is 4.23. The zero-order valence-corrected chi connectivity index (χ0v) is 15.4. The molecule has 2 aliphatic rings. The number of methoxy groups -OCH3 is 1. The molecule has 0 bridgehead atoms. The lowest BCUT2D eigenvalue weighted by atomic mass is 9.78. The predicted octanol–water partition coefficient (Wildman–Crippen LogP) is 3.44. The van der Waals surface area contributed by atoms with Crippen LogP contribution in [0.4, 0.5) is 0 Å². The maximum atomic E-state index is 12.5. The fourth-order valence-corrected chi connectivity index (χ4v) is 4.23. The second kappa shape index (κ2) is 8.81. The molecule has 2 saturated heterocycles. The summed E-state index contributed by atoms with van der Waals surface area (Å²) >= 11 is 0. The number of likely N-dealkylation sites (tertiary alicyclic amines) is 1. The Hall–Kier alpha value is -1.39. The van der Waals surface area contributed by atoms with Gasteiger partial charge in [-0.3, -0.25) is 4.79 Å². The molecular formula is C21H31NO3. The molecule has 0 radical (unpaired) electrons. The first-order chi connectivity index (χ1) is 12.2. The molecule has 1 atom stereocenters. The van der Waals surface area contributed by atoms with Crippen molar-refractivity contribution in [1.82, 2.24) is 4.90 Å². The van der Waals surface area contributed by atoms with Crippen LogP contribution in [0.1, 0.15) is 44.1 Å². The van der Waals surface area contributed by atoms with E-state index in [2.05, 4.69) is 12.1 Å². The van der Waals surface area contributed by atoms with E-state index in [1.807, 2.05) is 23.1 Å². The standard InChI is InChI=1S/C21H31NO3/c1-24-15-9-19-10-16-25-21(17-19)11-13-22(14-12-21)20(23)8-7-18-5-3-2-4-6-18/h2-6,19H,7-17H2,1H3. The molecule has 4 heteroatoms. The molecule has 1 aromatic carbocycles. The highest BCUT2D eigenvalue weighted by molar-refractivity contribution is 5.76. The Morgan fingerprint density at radius 1 is 1.28 bits per heavy atom.